The van der Waals surface area contributed by atoms with Crippen molar-refractivity contribution in [2.45, 2.75) is 19.4 Å². The molecule has 13 heavy (non-hydrogen) atoms. The molecule has 0 atom stereocenters. The van der Waals surface area contributed by atoms with Gasteiger partial charge >= 0.3 is 0 Å². The van der Waals surface area contributed by atoms with Crippen molar-refractivity contribution in [1.29, 1.82) is 0 Å². The van der Waals surface area contributed by atoms with Crippen molar-refractivity contribution in [3.05, 3.63) is 28.7 Å². The predicted octanol–water partition coefficient (Wildman–Crippen LogP) is 0.310. The van der Waals surface area contributed by atoms with Gasteiger partial charge in [-0.2, -0.15) is 5.10 Å². The van der Waals surface area contributed by atoms with E-state index in [1.54, 1.807) is 12.3 Å². The van der Waals surface area contributed by atoms with E-state index >= 15 is 0 Å². The number of hydrogen-bond acceptors (Lipinski definition) is 3. The van der Waals surface area contributed by atoms with Gasteiger partial charge in [0, 0.05) is 18.8 Å². The molecule has 0 aliphatic carbocycles. The van der Waals surface area contributed by atoms with Crippen LogP contribution in [0.2, 0.25) is 0 Å². The summed E-state index contributed by atoms with van der Waals surface area (Å²) in [5, 5.41) is 3.90. The monoisotopic (exact) mass is 197 g/mol. The second-order valence-electron chi connectivity index (χ2n) is 2.65. The van der Waals surface area contributed by atoms with Crippen molar-refractivity contribution < 1.29 is 0 Å². The number of rotatable bonds is 4. The highest BCUT2D eigenvalue weighted by molar-refractivity contribution is 7.80. The van der Waals surface area contributed by atoms with Gasteiger partial charge in [-0.05, 0) is 18.9 Å². The molecule has 70 valence electrons. The van der Waals surface area contributed by atoms with Gasteiger partial charge in [-0.15, -0.1) is 0 Å². The second kappa shape index (κ2) is 4.71. The molecule has 0 aliphatic heterocycles. The van der Waals surface area contributed by atoms with E-state index in [4.69, 9.17) is 18.0 Å². The number of aryl methyl sites for hydroxylation is 1. The summed E-state index contributed by atoms with van der Waals surface area (Å²) >= 11 is 4.71. The van der Waals surface area contributed by atoms with Gasteiger partial charge in [0.05, 0.1) is 4.99 Å². The van der Waals surface area contributed by atoms with E-state index in [2.05, 4.69) is 5.10 Å². The molecule has 1 rings (SSSR count). The summed E-state index contributed by atoms with van der Waals surface area (Å²) in [4.78, 5) is 11.6. The molecule has 0 bridgehead atoms. The predicted molar refractivity (Wildman–Crippen MR) is 54.5 cm³/mol. The largest absolute Gasteiger partial charge is 0.393 e. The first-order chi connectivity index (χ1) is 6.20. The first-order valence-electron chi connectivity index (χ1n) is 4.00. The average Bonchev–Trinajstić information content (AvgIpc) is 2.08. The fraction of sp³-hybridized carbons (Fsp3) is 0.375. The Balaban J connectivity index is 2.50. The van der Waals surface area contributed by atoms with Gasteiger partial charge in [-0.1, -0.05) is 12.2 Å². The zero-order valence-corrected chi connectivity index (χ0v) is 7.96. The van der Waals surface area contributed by atoms with E-state index in [0.717, 1.165) is 6.42 Å². The van der Waals surface area contributed by atoms with E-state index in [-0.39, 0.29) is 5.56 Å². The van der Waals surface area contributed by atoms with Crippen molar-refractivity contribution in [3.8, 4) is 0 Å². The molecule has 1 aromatic rings. The average molecular weight is 197 g/mol. The molecule has 0 radical (unpaired) electrons. The highest BCUT2D eigenvalue weighted by Gasteiger charge is 1.95. The molecule has 0 aliphatic rings. The van der Waals surface area contributed by atoms with E-state index in [0.29, 0.717) is 18.0 Å². The van der Waals surface area contributed by atoms with Crippen LogP contribution in [0.4, 0.5) is 0 Å². The zero-order chi connectivity index (χ0) is 9.68. The molecular formula is C8H11N3OS. The number of nitrogens with two attached hydrogens (primary N) is 1. The Morgan fingerprint density at radius 2 is 2.46 bits per heavy atom. The topological polar surface area (TPSA) is 60.9 Å². The van der Waals surface area contributed by atoms with Crippen LogP contribution in [0.3, 0.4) is 0 Å². The van der Waals surface area contributed by atoms with Crippen molar-refractivity contribution in [1.82, 2.24) is 9.78 Å². The Labute approximate surface area is 81.4 Å². The van der Waals surface area contributed by atoms with E-state index in [9.17, 15) is 4.79 Å². The van der Waals surface area contributed by atoms with Crippen LogP contribution < -0.4 is 11.3 Å². The number of nitrogens with zero attached hydrogens (tertiary/aromatic N) is 2. The fourth-order valence-electron chi connectivity index (χ4n) is 0.958. The van der Waals surface area contributed by atoms with Crippen LogP contribution >= 0.6 is 12.2 Å². The molecule has 0 unspecified atom stereocenters. The Bertz CT molecular complexity index is 347. The highest BCUT2D eigenvalue weighted by Crippen LogP contribution is 1.90. The normalized spacial score (nSPS) is 9.85. The van der Waals surface area contributed by atoms with Crippen LogP contribution in [-0.2, 0) is 6.54 Å². The van der Waals surface area contributed by atoms with Crippen molar-refractivity contribution in [2.75, 3.05) is 0 Å². The molecule has 5 heteroatoms. The van der Waals surface area contributed by atoms with Gasteiger partial charge in [-0.25, -0.2) is 4.68 Å². The van der Waals surface area contributed by atoms with Crippen molar-refractivity contribution in [2.24, 2.45) is 5.73 Å². The number of hydrogen-bond donors (Lipinski definition) is 1. The third-order valence-electron chi connectivity index (χ3n) is 1.58. The SMILES string of the molecule is NC(=S)CCCn1ncccc1=O. The standard InChI is InChI=1S/C8H11N3OS/c9-7(13)3-2-6-11-8(12)4-1-5-10-11/h1,4-5H,2-3,6H2,(H2,9,13). The van der Waals surface area contributed by atoms with Crippen LogP contribution in [0.15, 0.2) is 23.1 Å². The molecule has 4 nitrogen and oxygen atoms in total. The molecule has 0 spiro atoms. The van der Waals surface area contributed by atoms with Gasteiger partial charge in [0.1, 0.15) is 0 Å². The fourth-order valence-corrected chi connectivity index (χ4v) is 1.10. The minimum atomic E-state index is -0.0922. The maximum absolute atomic E-state index is 11.1. The van der Waals surface area contributed by atoms with Crippen LogP contribution in [0, 0.1) is 0 Å². The maximum atomic E-state index is 11.1. The zero-order valence-electron chi connectivity index (χ0n) is 7.14. The number of aromatic nitrogens is 2. The van der Waals surface area contributed by atoms with Crippen molar-refractivity contribution >= 4 is 17.2 Å². The van der Waals surface area contributed by atoms with Crippen LogP contribution in [0.5, 0.6) is 0 Å². The lowest BCUT2D eigenvalue weighted by atomic mass is 10.3. The smallest absolute Gasteiger partial charge is 0.266 e. The summed E-state index contributed by atoms with van der Waals surface area (Å²) in [6, 6.07) is 3.10. The van der Waals surface area contributed by atoms with Crippen molar-refractivity contribution in [3.63, 3.8) is 0 Å². The van der Waals surface area contributed by atoms with E-state index in [1.165, 1.54) is 10.7 Å². The first kappa shape index (κ1) is 9.85. The molecule has 0 aromatic carbocycles. The Hall–Kier alpha value is -1.23. The van der Waals surface area contributed by atoms with Gasteiger partial charge in [-0.3, -0.25) is 4.79 Å². The Morgan fingerprint density at radius 3 is 3.08 bits per heavy atom. The number of thiocarbonyl (C=S) groups is 1. The van der Waals surface area contributed by atoms with E-state index < -0.39 is 0 Å². The summed E-state index contributed by atoms with van der Waals surface area (Å²) in [5.41, 5.74) is 5.23. The minimum absolute atomic E-state index is 0.0922. The summed E-state index contributed by atoms with van der Waals surface area (Å²) in [6.45, 7) is 0.566. The third kappa shape index (κ3) is 3.33. The van der Waals surface area contributed by atoms with Gasteiger partial charge < -0.3 is 5.73 Å². The lowest BCUT2D eigenvalue weighted by Crippen LogP contribution is -2.22. The lowest BCUT2D eigenvalue weighted by Gasteiger charge is -2.01. The van der Waals surface area contributed by atoms with Gasteiger partial charge in [0.15, 0.2) is 0 Å². The molecule has 0 amide bonds. The quantitative estimate of drug-likeness (QED) is 0.706. The van der Waals surface area contributed by atoms with Crippen LogP contribution in [0.1, 0.15) is 12.8 Å². The third-order valence-corrected chi connectivity index (χ3v) is 1.78. The summed E-state index contributed by atoms with van der Waals surface area (Å²) < 4.78 is 1.40. The maximum Gasteiger partial charge on any atom is 0.266 e. The van der Waals surface area contributed by atoms with Crippen LogP contribution in [-0.4, -0.2) is 14.8 Å². The summed E-state index contributed by atoms with van der Waals surface area (Å²) in [6.07, 6.45) is 2.99. The Morgan fingerprint density at radius 1 is 1.69 bits per heavy atom. The van der Waals surface area contributed by atoms with E-state index in [1.807, 2.05) is 0 Å². The summed E-state index contributed by atoms with van der Waals surface area (Å²) in [7, 11) is 0. The molecule has 2 N–H and O–H groups in total. The molecular weight excluding hydrogens is 186 g/mol. The minimum Gasteiger partial charge on any atom is -0.393 e. The molecule has 0 saturated carbocycles. The summed E-state index contributed by atoms with van der Waals surface area (Å²) in [5.74, 6) is 0. The van der Waals surface area contributed by atoms with Crippen LogP contribution in [0.25, 0.3) is 0 Å². The highest BCUT2D eigenvalue weighted by atomic mass is 32.1. The second-order valence-corrected chi connectivity index (χ2v) is 3.18. The molecule has 0 saturated heterocycles. The lowest BCUT2D eigenvalue weighted by molar-refractivity contribution is 0.557. The molecule has 1 heterocycles. The molecule has 0 fully saturated rings. The van der Waals surface area contributed by atoms with Gasteiger partial charge in [0.2, 0.25) is 0 Å². The Kier molecular flexibility index (Phi) is 3.57. The van der Waals surface area contributed by atoms with Gasteiger partial charge in [0.25, 0.3) is 5.56 Å². The molecule has 1 aromatic heterocycles. The first-order valence-corrected chi connectivity index (χ1v) is 4.41.